The number of nitrogens with zero attached hydrogens (tertiary/aromatic N) is 3. The van der Waals surface area contributed by atoms with Crippen LogP contribution >= 0.6 is 0 Å². The van der Waals surface area contributed by atoms with Crippen molar-refractivity contribution < 1.29 is 14.3 Å². The first-order valence-electron chi connectivity index (χ1n) is 10.4. The van der Waals surface area contributed by atoms with E-state index in [9.17, 15) is 4.79 Å². The van der Waals surface area contributed by atoms with Crippen molar-refractivity contribution >= 4 is 11.9 Å². The number of nitrogens with one attached hydrogen (secondary N) is 2. The largest absolute Gasteiger partial charge is 0.371 e. The maximum Gasteiger partial charge on any atom is 0.251 e. The van der Waals surface area contributed by atoms with E-state index in [0.717, 1.165) is 11.3 Å². The lowest BCUT2D eigenvalue weighted by atomic mass is 10.1. The molecule has 8 nitrogen and oxygen atoms in total. The fourth-order valence-corrected chi connectivity index (χ4v) is 4.09. The third-order valence-electron chi connectivity index (χ3n) is 5.66. The molecule has 2 fully saturated rings. The first-order valence-corrected chi connectivity index (χ1v) is 10.4. The molecule has 0 spiro atoms. The minimum absolute atomic E-state index is 0.140. The molecule has 4 atom stereocenters. The van der Waals surface area contributed by atoms with Gasteiger partial charge in [0.05, 0.1) is 42.6 Å². The molecule has 0 aliphatic carbocycles. The molecular weight excluding hydrogens is 406 g/mol. The molecule has 2 aromatic carbocycles. The molecule has 0 saturated carbocycles. The monoisotopic (exact) mass is 427 g/mol. The van der Waals surface area contributed by atoms with E-state index in [1.165, 1.54) is 0 Å². The highest BCUT2D eigenvalue weighted by Crippen LogP contribution is 2.29. The number of anilines is 1. The number of aromatic nitrogens is 2. The van der Waals surface area contributed by atoms with Crippen LogP contribution in [0.5, 0.6) is 0 Å². The normalized spacial score (nSPS) is 23.8. The fraction of sp³-hybridized carbons (Fsp3) is 0.250. The van der Waals surface area contributed by atoms with Crippen LogP contribution in [0.15, 0.2) is 66.9 Å². The minimum Gasteiger partial charge on any atom is -0.371 e. The molecular formula is C24H21N5O3. The Kier molecular flexibility index (Phi) is 5.50. The van der Waals surface area contributed by atoms with Gasteiger partial charge in [-0.25, -0.2) is 9.97 Å². The summed E-state index contributed by atoms with van der Waals surface area (Å²) >= 11 is 0. The summed E-state index contributed by atoms with van der Waals surface area (Å²) in [6.45, 7) is 0.804. The summed E-state index contributed by atoms with van der Waals surface area (Å²) in [5.74, 6) is 0.315. The van der Waals surface area contributed by atoms with Crippen LogP contribution in [-0.4, -0.2) is 53.4 Å². The van der Waals surface area contributed by atoms with Crippen LogP contribution in [0.1, 0.15) is 15.9 Å². The number of carbonyl (C=O) groups is 1. The van der Waals surface area contributed by atoms with E-state index in [4.69, 9.17) is 14.7 Å². The Morgan fingerprint density at radius 1 is 1.00 bits per heavy atom. The van der Waals surface area contributed by atoms with Gasteiger partial charge in [-0.2, -0.15) is 5.26 Å². The van der Waals surface area contributed by atoms with E-state index < -0.39 is 0 Å². The molecule has 32 heavy (non-hydrogen) atoms. The number of hydrogen-bond donors (Lipinski definition) is 2. The molecule has 160 valence electrons. The first kappa shape index (κ1) is 20.1. The lowest BCUT2D eigenvalue weighted by Gasteiger charge is -2.18. The standard InChI is InChI=1S/C24H21N5O3/c25-12-15-5-4-8-17(11-15)18-9-10-26-24(28-18)29-20-14-32-21-19(13-31-22(20)21)27-23(30)16-6-2-1-3-7-16/h1-11,19-22H,13-14H2,(H,27,30)(H,26,28,29)/t19-,20+,21-,22+/m1/s1. The summed E-state index contributed by atoms with van der Waals surface area (Å²) in [4.78, 5) is 21.4. The summed E-state index contributed by atoms with van der Waals surface area (Å²) in [7, 11) is 0. The SMILES string of the molecule is N#Cc1cccc(-c2ccnc(N[C@H]3CO[C@H]4[C@H]3OC[C@H]4NC(=O)c3ccccc3)n2)c1. The van der Waals surface area contributed by atoms with E-state index >= 15 is 0 Å². The van der Waals surface area contributed by atoms with Gasteiger partial charge in [0, 0.05) is 17.3 Å². The minimum atomic E-state index is -0.240. The average molecular weight is 427 g/mol. The third-order valence-corrected chi connectivity index (χ3v) is 5.66. The van der Waals surface area contributed by atoms with Crippen molar-refractivity contribution in [1.29, 1.82) is 5.26 Å². The number of fused-ring (bicyclic) bond motifs is 1. The predicted molar refractivity (Wildman–Crippen MR) is 117 cm³/mol. The number of benzene rings is 2. The Bertz CT molecular complexity index is 1160. The molecule has 0 bridgehead atoms. The van der Waals surface area contributed by atoms with Crippen LogP contribution in [0.3, 0.4) is 0 Å². The molecule has 3 heterocycles. The van der Waals surface area contributed by atoms with Gasteiger partial charge >= 0.3 is 0 Å². The molecule has 2 aliphatic heterocycles. The van der Waals surface area contributed by atoms with E-state index in [2.05, 4.69) is 26.7 Å². The first-order chi connectivity index (χ1) is 15.7. The second kappa shape index (κ2) is 8.75. The third kappa shape index (κ3) is 4.04. The fourth-order valence-electron chi connectivity index (χ4n) is 4.09. The van der Waals surface area contributed by atoms with Gasteiger partial charge in [0.1, 0.15) is 12.2 Å². The van der Waals surface area contributed by atoms with E-state index in [0.29, 0.717) is 30.3 Å². The van der Waals surface area contributed by atoms with Gasteiger partial charge in [-0.1, -0.05) is 30.3 Å². The van der Waals surface area contributed by atoms with Crippen LogP contribution in [0, 0.1) is 11.3 Å². The summed E-state index contributed by atoms with van der Waals surface area (Å²) in [5, 5.41) is 15.5. The number of ether oxygens (including phenoxy) is 2. The second-order valence-corrected chi connectivity index (χ2v) is 7.75. The van der Waals surface area contributed by atoms with Crippen LogP contribution in [0.25, 0.3) is 11.3 Å². The van der Waals surface area contributed by atoms with Gasteiger partial charge in [-0.15, -0.1) is 0 Å². The van der Waals surface area contributed by atoms with Crippen molar-refractivity contribution in [3.8, 4) is 17.3 Å². The zero-order chi connectivity index (χ0) is 21.9. The van der Waals surface area contributed by atoms with E-state index in [-0.39, 0.29) is 30.2 Å². The topological polar surface area (TPSA) is 109 Å². The molecule has 2 N–H and O–H groups in total. The molecule has 8 heteroatoms. The van der Waals surface area contributed by atoms with Crippen LogP contribution < -0.4 is 10.6 Å². The average Bonchev–Trinajstić information content (AvgIpc) is 3.43. The van der Waals surface area contributed by atoms with Gasteiger partial charge < -0.3 is 20.1 Å². The molecule has 0 radical (unpaired) electrons. The Balaban J connectivity index is 1.25. The number of hydrogen-bond acceptors (Lipinski definition) is 7. The number of amides is 1. The Morgan fingerprint density at radius 3 is 2.59 bits per heavy atom. The maximum absolute atomic E-state index is 12.5. The van der Waals surface area contributed by atoms with Crippen molar-refractivity contribution in [2.75, 3.05) is 18.5 Å². The van der Waals surface area contributed by atoms with E-state index in [1.54, 1.807) is 36.5 Å². The Labute approximate surface area is 185 Å². The molecule has 2 saturated heterocycles. The zero-order valence-corrected chi connectivity index (χ0v) is 17.1. The van der Waals surface area contributed by atoms with Crippen molar-refractivity contribution in [2.24, 2.45) is 0 Å². The molecule has 2 aliphatic rings. The van der Waals surface area contributed by atoms with Gasteiger partial charge in [-0.05, 0) is 30.3 Å². The summed E-state index contributed by atoms with van der Waals surface area (Å²) in [6.07, 6.45) is 1.22. The number of carbonyl (C=O) groups excluding carboxylic acids is 1. The highest BCUT2D eigenvalue weighted by molar-refractivity contribution is 5.94. The summed E-state index contributed by atoms with van der Waals surface area (Å²) in [6, 6.07) is 20.0. The molecule has 1 aromatic heterocycles. The van der Waals surface area contributed by atoms with Gasteiger partial charge in [0.25, 0.3) is 5.91 Å². The number of nitriles is 1. The second-order valence-electron chi connectivity index (χ2n) is 7.75. The molecule has 1 amide bonds. The van der Waals surface area contributed by atoms with Crippen molar-refractivity contribution in [1.82, 2.24) is 15.3 Å². The van der Waals surface area contributed by atoms with Crippen molar-refractivity contribution in [3.05, 3.63) is 78.0 Å². The smallest absolute Gasteiger partial charge is 0.251 e. The van der Waals surface area contributed by atoms with Gasteiger partial charge in [0.15, 0.2) is 0 Å². The molecule has 5 rings (SSSR count). The van der Waals surface area contributed by atoms with Crippen LogP contribution in [0.2, 0.25) is 0 Å². The van der Waals surface area contributed by atoms with Crippen molar-refractivity contribution in [2.45, 2.75) is 24.3 Å². The summed E-state index contributed by atoms with van der Waals surface area (Å²) in [5.41, 5.74) is 2.74. The highest BCUT2D eigenvalue weighted by Gasteiger charge is 2.48. The lowest BCUT2D eigenvalue weighted by Crippen LogP contribution is -2.44. The number of rotatable bonds is 5. The van der Waals surface area contributed by atoms with Crippen LogP contribution in [-0.2, 0) is 9.47 Å². The quantitative estimate of drug-likeness (QED) is 0.643. The highest BCUT2D eigenvalue weighted by atomic mass is 16.6. The predicted octanol–water partition coefficient (Wildman–Crippen LogP) is 2.39. The molecule has 0 unspecified atom stereocenters. The lowest BCUT2D eigenvalue weighted by molar-refractivity contribution is 0.0652. The maximum atomic E-state index is 12.5. The zero-order valence-electron chi connectivity index (χ0n) is 17.1. The van der Waals surface area contributed by atoms with Gasteiger partial charge in [0.2, 0.25) is 5.95 Å². The Hall–Kier alpha value is -3.80. The molecule has 3 aromatic rings. The van der Waals surface area contributed by atoms with Crippen LogP contribution in [0.4, 0.5) is 5.95 Å². The van der Waals surface area contributed by atoms with Crippen molar-refractivity contribution in [3.63, 3.8) is 0 Å². The summed E-state index contributed by atoms with van der Waals surface area (Å²) < 4.78 is 11.9. The van der Waals surface area contributed by atoms with E-state index in [1.807, 2.05) is 30.3 Å². The van der Waals surface area contributed by atoms with Gasteiger partial charge in [-0.3, -0.25) is 4.79 Å². The Morgan fingerprint density at radius 2 is 1.78 bits per heavy atom.